The van der Waals surface area contributed by atoms with Gasteiger partial charge >= 0.3 is 5.97 Å². The van der Waals surface area contributed by atoms with Crippen LogP contribution in [0.2, 0.25) is 0 Å². The number of hydrogen-bond acceptors (Lipinski definition) is 7. The zero-order valence-corrected chi connectivity index (χ0v) is 17.2. The van der Waals surface area contributed by atoms with Crippen molar-refractivity contribution in [1.82, 2.24) is 0 Å². The number of primary amides is 1. The highest BCUT2D eigenvalue weighted by Gasteiger charge is 2.29. The molecule has 9 nitrogen and oxygen atoms in total. The van der Waals surface area contributed by atoms with E-state index in [0.717, 1.165) is 0 Å². The third kappa shape index (κ3) is 4.49. The van der Waals surface area contributed by atoms with Gasteiger partial charge in [-0.2, -0.15) is 0 Å². The number of amides is 1. The molecule has 0 aliphatic heterocycles. The zero-order chi connectivity index (χ0) is 22.8. The number of anilines is 1. The Morgan fingerprint density at radius 3 is 2.23 bits per heavy atom. The standard InChI is InChI=1S/C21H19N3O6S/c1-29-21(26)13-8-5-9-14(10-13)30-16-11-15(12-6-3-2-4-7-12)18(22)17(20(23)25)19(16)31(24,27)28/h2-11H,22H2,1H3,(H2,23,25)(H2,24,27,28). The fourth-order valence-corrected chi connectivity index (χ4v) is 3.92. The van der Waals surface area contributed by atoms with E-state index in [2.05, 4.69) is 4.74 Å². The third-order valence-electron chi connectivity index (χ3n) is 4.38. The highest BCUT2D eigenvalue weighted by molar-refractivity contribution is 7.89. The molecule has 0 saturated heterocycles. The maximum atomic E-state index is 12.4. The van der Waals surface area contributed by atoms with Gasteiger partial charge in [-0.3, -0.25) is 4.79 Å². The van der Waals surface area contributed by atoms with Crippen molar-refractivity contribution in [2.45, 2.75) is 4.90 Å². The van der Waals surface area contributed by atoms with Gasteiger partial charge in [0.05, 0.1) is 23.9 Å². The summed E-state index contributed by atoms with van der Waals surface area (Å²) in [7, 11) is -3.26. The summed E-state index contributed by atoms with van der Waals surface area (Å²) in [5.74, 6) is -1.87. The molecule has 0 unspecified atom stereocenters. The molecule has 3 aromatic carbocycles. The predicted molar refractivity (Wildman–Crippen MR) is 114 cm³/mol. The lowest BCUT2D eigenvalue weighted by atomic mass is 9.99. The molecule has 0 fully saturated rings. The van der Waals surface area contributed by atoms with E-state index in [9.17, 15) is 18.0 Å². The molecular formula is C21H19N3O6S. The Morgan fingerprint density at radius 2 is 1.65 bits per heavy atom. The van der Waals surface area contributed by atoms with Crippen LogP contribution in [0.1, 0.15) is 20.7 Å². The Labute approximate surface area is 178 Å². The lowest BCUT2D eigenvalue weighted by Crippen LogP contribution is -2.23. The van der Waals surface area contributed by atoms with Gasteiger partial charge in [-0.05, 0) is 29.8 Å². The fraction of sp³-hybridized carbons (Fsp3) is 0.0476. The van der Waals surface area contributed by atoms with Crippen molar-refractivity contribution in [2.75, 3.05) is 12.8 Å². The second kappa shape index (κ2) is 8.46. The van der Waals surface area contributed by atoms with Crippen LogP contribution in [0.4, 0.5) is 5.69 Å². The van der Waals surface area contributed by atoms with Crippen LogP contribution in [0.3, 0.4) is 0 Å². The van der Waals surface area contributed by atoms with Crippen LogP contribution in [-0.4, -0.2) is 27.4 Å². The van der Waals surface area contributed by atoms with E-state index in [1.54, 1.807) is 30.3 Å². The largest absolute Gasteiger partial charge is 0.465 e. The van der Waals surface area contributed by atoms with Crippen LogP contribution in [0.15, 0.2) is 65.6 Å². The SMILES string of the molecule is COC(=O)c1cccc(Oc2cc(-c3ccccc3)c(N)c(C(N)=O)c2S(N)(=O)=O)c1. The summed E-state index contributed by atoms with van der Waals surface area (Å²) < 4.78 is 35.1. The summed E-state index contributed by atoms with van der Waals surface area (Å²) in [4.78, 5) is 23.3. The number of primary sulfonamides is 1. The van der Waals surface area contributed by atoms with Crippen molar-refractivity contribution in [2.24, 2.45) is 10.9 Å². The minimum atomic E-state index is -4.48. The summed E-state index contributed by atoms with van der Waals surface area (Å²) in [5.41, 5.74) is 12.0. The highest BCUT2D eigenvalue weighted by atomic mass is 32.2. The number of nitrogens with two attached hydrogens (primary N) is 3. The molecule has 6 N–H and O–H groups in total. The molecule has 0 spiro atoms. The van der Waals surface area contributed by atoms with E-state index in [1.165, 1.54) is 37.4 Å². The van der Waals surface area contributed by atoms with E-state index < -0.39 is 32.4 Å². The van der Waals surface area contributed by atoms with Gasteiger partial charge < -0.3 is 20.9 Å². The smallest absolute Gasteiger partial charge is 0.337 e. The number of hydrogen-bond donors (Lipinski definition) is 3. The van der Waals surface area contributed by atoms with Crippen molar-refractivity contribution < 1.29 is 27.5 Å². The Balaban J connectivity index is 2.29. The molecule has 160 valence electrons. The summed E-state index contributed by atoms with van der Waals surface area (Å²) >= 11 is 0. The molecular weight excluding hydrogens is 422 g/mol. The van der Waals surface area contributed by atoms with Crippen LogP contribution in [0.25, 0.3) is 11.1 Å². The van der Waals surface area contributed by atoms with Crippen molar-refractivity contribution in [3.8, 4) is 22.6 Å². The van der Waals surface area contributed by atoms with E-state index >= 15 is 0 Å². The Hall–Kier alpha value is -3.89. The van der Waals surface area contributed by atoms with Crippen LogP contribution in [-0.2, 0) is 14.8 Å². The molecule has 10 heteroatoms. The minimum absolute atomic E-state index is 0.104. The van der Waals surface area contributed by atoms with Gasteiger partial charge in [0.1, 0.15) is 16.4 Å². The number of ether oxygens (including phenoxy) is 2. The van der Waals surface area contributed by atoms with Crippen LogP contribution in [0, 0.1) is 0 Å². The van der Waals surface area contributed by atoms with Crippen LogP contribution in [0.5, 0.6) is 11.5 Å². The quantitative estimate of drug-likeness (QED) is 0.390. The van der Waals surface area contributed by atoms with E-state index in [4.69, 9.17) is 21.3 Å². The first-order valence-electron chi connectivity index (χ1n) is 8.84. The number of carbonyl (C=O) groups excluding carboxylic acids is 2. The number of carbonyl (C=O) groups is 2. The van der Waals surface area contributed by atoms with Crippen molar-refractivity contribution in [3.05, 3.63) is 71.8 Å². The van der Waals surface area contributed by atoms with Gasteiger partial charge in [-0.15, -0.1) is 0 Å². The summed E-state index contributed by atoms with van der Waals surface area (Å²) in [5, 5.41) is 5.36. The number of rotatable bonds is 6. The number of methoxy groups -OCH3 is 1. The molecule has 1 amide bonds. The average molecular weight is 441 g/mol. The highest BCUT2D eigenvalue weighted by Crippen LogP contribution is 2.40. The Morgan fingerprint density at radius 1 is 0.968 bits per heavy atom. The van der Waals surface area contributed by atoms with Crippen molar-refractivity contribution in [1.29, 1.82) is 0 Å². The predicted octanol–water partition coefficient (Wildman–Crippen LogP) is 2.26. The van der Waals surface area contributed by atoms with Gasteiger partial charge in [-0.25, -0.2) is 18.4 Å². The van der Waals surface area contributed by atoms with Crippen LogP contribution < -0.4 is 21.3 Å². The molecule has 0 bridgehead atoms. The van der Waals surface area contributed by atoms with E-state index in [-0.39, 0.29) is 22.7 Å². The maximum Gasteiger partial charge on any atom is 0.337 e. The monoisotopic (exact) mass is 441 g/mol. The van der Waals surface area contributed by atoms with Gasteiger partial charge in [0, 0.05) is 5.56 Å². The second-order valence-corrected chi connectivity index (χ2v) is 7.94. The summed E-state index contributed by atoms with van der Waals surface area (Å²) in [6, 6.07) is 15.9. The van der Waals surface area contributed by atoms with Gasteiger partial charge in [-0.1, -0.05) is 36.4 Å². The summed E-state index contributed by atoms with van der Waals surface area (Å²) in [6.07, 6.45) is 0. The number of nitrogen functional groups attached to an aromatic ring is 1. The zero-order valence-electron chi connectivity index (χ0n) is 16.4. The van der Waals surface area contributed by atoms with Gasteiger partial charge in [0.25, 0.3) is 5.91 Å². The minimum Gasteiger partial charge on any atom is -0.465 e. The average Bonchev–Trinajstić information content (AvgIpc) is 2.73. The molecule has 0 heterocycles. The summed E-state index contributed by atoms with van der Waals surface area (Å²) in [6.45, 7) is 0. The normalized spacial score (nSPS) is 11.0. The number of sulfonamides is 1. The van der Waals surface area contributed by atoms with Crippen LogP contribution >= 0.6 is 0 Å². The lowest BCUT2D eigenvalue weighted by molar-refractivity contribution is 0.0600. The van der Waals surface area contributed by atoms with Crippen molar-refractivity contribution >= 4 is 27.6 Å². The molecule has 0 radical (unpaired) electrons. The molecule has 31 heavy (non-hydrogen) atoms. The second-order valence-electron chi connectivity index (χ2n) is 6.44. The number of esters is 1. The maximum absolute atomic E-state index is 12.4. The van der Waals surface area contributed by atoms with Gasteiger partial charge in [0.2, 0.25) is 10.0 Å². The molecule has 3 aromatic rings. The molecule has 0 atom stereocenters. The first-order valence-corrected chi connectivity index (χ1v) is 10.4. The molecule has 3 rings (SSSR count). The first-order chi connectivity index (χ1) is 14.6. The molecule has 0 aromatic heterocycles. The molecule has 0 aliphatic rings. The Bertz CT molecular complexity index is 1270. The Kier molecular flexibility index (Phi) is 5.95. The first kappa shape index (κ1) is 21.8. The van der Waals surface area contributed by atoms with E-state index in [1.807, 2.05) is 0 Å². The third-order valence-corrected chi connectivity index (χ3v) is 5.36. The lowest BCUT2D eigenvalue weighted by Gasteiger charge is -2.18. The molecule has 0 aliphatic carbocycles. The number of benzene rings is 3. The van der Waals surface area contributed by atoms with Gasteiger partial charge in [0.15, 0.2) is 0 Å². The molecule has 0 saturated carbocycles. The van der Waals surface area contributed by atoms with Crippen molar-refractivity contribution in [3.63, 3.8) is 0 Å². The fourth-order valence-electron chi connectivity index (χ4n) is 3.05. The van der Waals surface area contributed by atoms with E-state index in [0.29, 0.717) is 11.1 Å². The topological polar surface area (TPSA) is 165 Å².